The molecule has 0 aliphatic carbocycles. The van der Waals surface area contributed by atoms with E-state index in [2.05, 4.69) is 11.1 Å². The van der Waals surface area contributed by atoms with E-state index in [9.17, 15) is 0 Å². The maximum absolute atomic E-state index is 8.92. The summed E-state index contributed by atoms with van der Waals surface area (Å²) >= 11 is 0. The van der Waals surface area contributed by atoms with Gasteiger partial charge in [-0.2, -0.15) is 5.26 Å². The third kappa shape index (κ3) is 0.995. The van der Waals surface area contributed by atoms with Crippen molar-refractivity contribution in [3.63, 3.8) is 0 Å². The first-order valence-electron chi connectivity index (χ1n) is 4.12. The Morgan fingerprint density at radius 1 is 1.50 bits per heavy atom. The molecule has 3 N–H and O–H groups in total. The number of rotatable bonds is 1. The number of aromatic amines is 1. The van der Waals surface area contributed by atoms with E-state index in [1.54, 1.807) is 13.2 Å². The molecule has 0 bridgehead atoms. The molecule has 70 valence electrons. The lowest BCUT2D eigenvalue weighted by molar-refractivity contribution is 0.420. The zero-order valence-electron chi connectivity index (χ0n) is 7.66. The number of aromatic nitrogens is 1. The van der Waals surface area contributed by atoms with Crippen molar-refractivity contribution < 1.29 is 4.74 Å². The van der Waals surface area contributed by atoms with Crippen molar-refractivity contribution in [2.75, 3.05) is 12.8 Å². The fourth-order valence-electron chi connectivity index (χ4n) is 1.52. The molecule has 0 spiro atoms. The van der Waals surface area contributed by atoms with E-state index in [1.807, 2.05) is 12.1 Å². The molecule has 0 saturated carbocycles. The lowest BCUT2D eigenvalue weighted by atomic mass is 10.1. The average molecular weight is 187 g/mol. The molecule has 0 aliphatic rings. The summed E-state index contributed by atoms with van der Waals surface area (Å²) in [5, 5.41) is 9.67. The number of methoxy groups -OCH3 is 1. The first-order valence-corrected chi connectivity index (χ1v) is 4.12. The molecule has 0 radical (unpaired) electrons. The summed E-state index contributed by atoms with van der Waals surface area (Å²) in [6, 6.07) is 7.56. The lowest BCUT2D eigenvalue weighted by Crippen LogP contribution is -1.87. The number of H-pyrrole nitrogens is 1. The number of nitrogen functional groups attached to an aromatic ring is 1. The second-order valence-corrected chi connectivity index (χ2v) is 2.91. The molecule has 2 rings (SSSR count). The quantitative estimate of drug-likeness (QED) is 0.712. The summed E-state index contributed by atoms with van der Waals surface area (Å²) in [6.45, 7) is 0. The maximum atomic E-state index is 8.92. The smallest absolute Gasteiger partial charge is 0.129 e. The molecule has 0 unspecified atom stereocenters. The molecule has 14 heavy (non-hydrogen) atoms. The van der Waals surface area contributed by atoms with E-state index in [4.69, 9.17) is 15.7 Å². The Labute approximate surface area is 80.9 Å². The number of hydrogen-bond acceptors (Lipinski definition) is 3. The number of nitriles is 1. The Hall–Kier alpha value is -2.15. The van der Waals surface area contributed by atoms with Crippen LogP contribution in [0.25, 0.3) is 10.9 Å². The van der Waals surface area contributed by atoms with Gasteiger partial charge in [-0.15, -0.1) is 0 Å². The number of nitrogens with zero attached hydrogens (tertiary/aromatic N) is 1. The Morgan fingerprint density at radius 3 is 2.93 bits per heavy atom. The highest BCUT2D eigenvalue weighted by Gasteiger charge is 2.12. The predicted octanol–water partition coefficient (Wildman–Crippen LogP) is 1.63. The number of benzene rings is 1. The van der Waals surface area contributed by atoms with Gasteiger partial charge in [-0.1, -0.05) is 6.07 Å². The van der Waals surface area contributed by atoms with Crippen LogP contribution in [0.4, 0.5) is 5.82 Å². The second kappa shape index (κ2) is 2.96. The van der Waals surface area contributed by atoms with E-state index in [0.29, 0.717) is 17.1 Å². The molecule has 4 heteroatoms. The number of ether oxygens (including phenoxy) is 1. The Morgan fingerprint density at radius 2 is 2.29 bits per heavy atom. The average Bonchev–Trinajstić information content (AvgIpc) is 2.52. The van der Waals surface area contributed by atoms with Gasteiger partial charge in [-0.25, -0.2) is 0 Å². The maximum Gasteiger partial charge on any atom is 0.129 e. The molecular weight excluding hydrogens is 178 g/mol. The third-order valence-electron chi connectivity index (χ3n) is 2.15. The van der Waals surface area contributed by atoms with Crippen LogP contribution in [0, 0.1) is 11.3 Å². The summed E-state index contributed by atoms with van der Waals surface area (Å²) < 4.78 is 5.16. The molecule has 0 saturated heterocycles. The van der Waals surface area contributed by atoms with Gasteiger partial charge in [0, 0.05) is 0 Å². The number of fused-ring (bicyclic) bond motifs is 1. The van der Waals surface area contributed by atoms with Gasteiger partial charge in [0.2, 0.25) is 0 Å². The molecule has 0 aliphatic heterocycles. The zero-order valence-corrected chi connectivity index (χ0v) is 7.66. The van der Waals surface area contributed by atoms with Crippen LogP contribution in [0.5, 0.6) is 5.75 Å². The van der Waals surface area contributed by atoms with Crippen molar-refractivity contribution >= 4 is 16.7 Å². The summed E-state index contributed by atoms with van der Waals surface area (Å²) in [6.07, 6.45) is 0. The summed E-state index contributed by atoms with van der Waals surface area (Å²) in [7, 11) is 1.57. The van der Waals surface area contributed by atoms with Gasteiger partial charge in [-0.3, -0.25) is 0 Å². The van der Waals surface area contributed by atoms with E-state index in [-0.39, 0.29) is 0 Å². The highest BCUT2D eigenvalue weighted by molar-refractivity contribution is 5.95. The molecule has 0 fully saturated rings. The normalized spacial score (nSPS) is 10.0. The first kappa shape index (κ1) is 8.45. The van der Waals surface area contributed by atoms with Crippen molar-refractivity contribution in [3.8, 4) is 11.8 Å². The van der Waals surface area contributed by atoms with Crippen molar-refractivity contribution in [3.05, 3.63) is 23.8 Å². The molecule has 2 aromatic rings. The van der Waals surface area contributed by atoms with Gasteiger partial charge in [0.05, 0.1) is 18.0 Å². The van der Waals surface area contributed by atoms with Crippen molar-refractivity contribution in [1.29, 1.82) is 5.26 Å². The van der Waals surface area contributed by atoms with Crippen LogP contribution in [0.2, 0.25) is 0 Å². The van der Waals surface area contributed by atoms with Crippen LogP contribution < -0.4 is 10.5 Å². The minimum absolute atomic E-state index is 0.381. The van der Waals surface area contributed by atoms with Crippen molar-refractivity contribution in [1.82, 2.24) is 4.98 Å². The van der Waals surface area contributed by atoms with Gasteiger partial charge >= 0.3 is 0 Å². The van der Waals surface area contributed by atoms with E-state index >= 15 is 0 Å². The Bertz CT molecular complexity index is 522. The Kier molecular flexibility index (Phi) is 1.79. The molecule has 0 atom stereocenters. The van der Waals surface area contributed by atoms with Gasteiger partial charge in [0.1, 0.15) is 23.2 Å². The SMILES string of the molecule is COc1cccc2[nH]c(N)c(C#N)c12. The highest BCUT2D eigenvalue weighted by Crippen LogP contribution is 2.31. The van der Waals surface area contributed by atoms with Gasteiger partial charge in [-0.05, 0) is 12.1 Å². The largest absolute Gasteiger partial charge is 0.496 e. The standard InChI is InChI=1S/C10H9N3O/c1-14-8-4-2-3-7-9(8)6(5-11)10(12)13-7/h2-4,13H,12H2,1H3. The van der Waals surface area contributed by atoms with Crippen molar-refractivity contribution in [2.45, 2.75) is 0 Å². The fourth-order valence-corrected chi connectivity index (χ4v) is 1.52. The summed E-state index contributed by atoms with van der Waals surface area (Å²) in [5.41, 5.74) is 6.91. The number of hydrogen-bond donors (Lipinski definition) is 2. The van der Waals surface area contributed by atoms with Crippen LogP contribution in [-0.4, -0.2) is 12.1 Å². The van der Waals surface area contributed by atoms with Crippen LogP contribution in [0.15, 0.2) is 18.2 Å². The second-order valence-electron chi connectivity index (χ2n) is 2.91. The van der Waals surface area contributed by atoms with E-state index < -0.39 is 0 Å². The number of anilines is 1. The van der Waals surface area contributed by atoms with Crippen LogP contribution >= 0.6 is 0 Å². The van der Waals surface area contributed by atoms with Gasteiger partial charge < -0.3 is 15.5 Å². The third-order valence-corrected chi connectivity index (χ3v) is 2.15. The topological polar surface area (TPSA) is 74.8 Å². The number of nitrogens with one attached hydrogen (secondary N) is 1. The molecule has 4 nitrogen and oxygen atoms in total. The number of nitrogens with two attached hydrogens (primary N) is 1. The lowest BCUT2D eigenvalue weighted by Gasteiger charge is -2.00. The first-order chi connectivity index (χ1) is 6.77. The summed E-state index contributed by atoms with van der Waals surface area (Å²) in [4.78, 5) is 2.93. The molecule has 1 aromatic heterocycles. The fraction of sp³-hybridized carbons (Fsp3) is 0.100. The van der Waals surface area contributed by atoms with E-state index in [0.717, 1.165) is 10.9 Å². The van der Waals surface area contributed by atoms with Gasteiger partial charge in [0.25, 0.3) is 0 Å². The highest BCUT2D eigenvalue weighted by atomic mass is 16.5. The minimum Gasteiger partial charge on any atom is -0.496 e. The predicted molar refractivity (Wildman–Crippen MR) is 54.0 cm³/mol. The van der Waals surface area contributed by atoms with Crippen LogP contribution in [-0.2, 0) is 0 Å². The van der Waals surface area contributed by atoms with Crippen LogP contribution in [0.3, 0.4) is 0 Å². The van der Waals surface area contributed by atoms with Crippen molar-refractivity contribution in [2.24, 2.45) is 0 Å². The van der Waals surface area contributed by atoms with Crippen LogP contribution in [0.1, 0.15) is 5.56 Å². The Balaban J connectivity index is 2.91. The molecule has 1 aromatic carbocycles. The molecular formula is C10H9N3O. The van der Waals surface area contributed by atoms with Gasteiger partial charge in [0.15, 0.2) is 0 Å². The monoisotopic (exact) mass is 187 g/mol. The van der Waals surface area contributed by atoms with E-state index in [1.165, 1.54) is 0 Å². The minimum atomic E-state index is 0.381. The zero-order chi connectivity index (χ0) is 10.1. The summed E-state index contributed by atoms with van der Waals surface area (Å²) in [5.74, 6) is 1.04. The molecule has 1 heterocycles. The molecule has 0 amide bonds.